The van der Waals surface area contributed by atoms with Crippen molar-refractivity contribution in [3.8, 4) is 16.9 Å². The van der Waals surface area contributed by atoms with Crippen molar-refractivity contribution in [2.75, 3.05) is 178 Å². The number of benzene rings is 3. The van der Waals surface area contributed by atoms with E-state index >= 15 is 0 Å². The Morgan fingerprint density at radius 2 is 0.667 bits per heavy atom. The van der Waals surface area contributed by atoms with Crippen LogP contribution in [0.3, 0.4) is 0 Å². The van der Waals surface area contributed by atoms with E-state index in [-0.39, 0.29) is 12.5 Å². The molecule has 1 aliphatic carbocycles. The minimum Gasteiger partial charge on any atom is -0.491 e. The van der Waals surface area contributed by atoms with Crippen molar-refractivity contribution >= 4 is 6.09 Å². The van der Waals surface area contributed by atoms with Crippen LogP contribution in [0, 0.1) is 0 Å². The largest absolute Gasteiger partial charge is 0.491 e. The van der Waals surface area contributed by atoms with Gasteiger partial charge in [0.25, 0.3) is 0 Å². The number of carbonyl (C=O) groups is 1. The first-order chi connectivity index (χ1) is 31.3. The molecule has 0 unspecified atom stereocenters. The Labute approximate surface area is 372 Å². The van der Waals surface area contributed by atoms with Gasteiger partial charge in [-0.2, -0.15) is 0 Å². The molecule has 16 heteroatoms. The van der Waals surface area contributed by atoms with Gasteiger partial charge in [0.05, 0.1) is 159 Å². The lowest BCUT2D eigenvalue weighted by Gasteiger charge is -2.14. The van der Waals surface area contributed by atoms with Crippen LogP contribution in [0.4, 0.5) is 4.79 Å². The number of hydrogen-bond acceptors (Lipinski definition) is 15. The fraction of sp³-hybridized carbons (Fsp3) is 0.596. The molecular weight excluding hydrogens is 819 g/mol. The molecule has 16 nitrogen and oxygen atoms in total. The molecule has 0 saturated carbocycles. The summed E-state index contributed by atoms with van der Waals surface area (Å²) in [6.45, 7) is 12.7. The van der Waals surface area contributed by atoms with Gasteiger partial charge in [-0.25, -0.2) is 4.79 Å². The van der Waals surface area contributed by atoms with Gasteiger partial charge in [-0.1, -0.05) is 66.7 Å². The van der Waals surface area contributed by atoms with Crippen molar-refractivity contribution in [2.24, 2.45) is 0 Å². The van der Waals surface area contributed by atoms with E-state index in [4.69, 9.17) is 66.3 Å². The molecule has 352 valence electrons. The zero-order valence-corrected chi connectivity index (χ0v) is 36.8. The first-order valence-corrected chi connectivity index (χ1v) is 22.0. The van der Waals surface area contributed by atoms with Gasteiger partial charge in [-0.05, 0) is 34.4 Å². The molecule has 0 saturated heterocycles. The number of fused-ring (bicyclic) bond motifs is 3. The van der Waals surface area contributed by atoms with Gasteiger partial charge in [-0.3, -0.25) is 0 Å². The van der Waals surface area contributed by atoms with E-state index in [2.05, 4.69) is 29.6 Å². The van der Waals surface area contributed by atoms with Crippen molar-refractivity contribution in [1.82, 2.24) is 5.32 Å². The van der Waals surface area contributed by atoms with Crippen LogP contribution < -0.4 is 10.1 Å². The maximum atomic E-state index is 12.3. The maximum Gasteiger partial charge on any atom is 0.407 e. The average molecular weight is 888 g/mol. The minimum absolute atomic E-state index is 0.0335. The Hall–Kier alpha value is -3.75. The fourth-order valence-electron chi connectivity index (χ4n) is 6.13. The van der Waals surface area contributed by atoms with Crippen LogP contribution in [0.5, 0.6) is 5.75 Å². The summed E-state index contributed by atoms with van der Waals surface area (Å²) >= 11 is 0. The zero-order valence-electron chi connectivity index (χ0n) is 36.8. The Bertz CT molecular complexity index is 1490. The van der Waals surface area contributed by atoms with Crippen LogP contribution in [0.1, 0.15) is 17.0 Å². The molecule has 1 N–H and O–H groups in total. The van der Waals surface area contributed by atoms with E-state index < -0.39 is 6.09 Å². The topological polar surface area (TPSA) is 158 Å². The molecule has 0 spiro atoms. The number of rotatable bonds is 42. The average Bonchev–Trinajstić information content (AvgIpc) is 3.63. The Morgan fingerprint density at radius 3 is 1.03 bits per heavy atom. The molecule has 3 aromatic carbocycles. The summed E-state index contributed by atoms with van der Waals surface area (Å²) in [6.07, 6.45) is -0.454. The van der Waals surface area contributed by atoms with Gasteiger partial charge in [0, 0.05) is 12.5 Å². The third-order valence-corrected chi connectivity index (χ3v) is 9.19. The van der Waals surface area contributed by atoms with Crippen LogP contribution in [-0.2, 0) is 61.6 Å². The summed E-state index contributed by atoms with van der Waals surface area (Å²) in [5, 5.41) is 2.75. The number of amides is 1. The summed E-state index contributed by atoms with van der Waals surface area (Å²) in [6, 6.07) is 26.2. The van der Waals surface area contributed by atoms with E-state index in [0.717, 1.165) is 5.75 Å². The molecule has 0 radical (unpaired) electrons. The van der Waals surface area contributed by atoms with Crippen molar-refractivity contribution < 1.29 is 71.1 Å². The molecule has 0 fully saturated rings. The second-order valence-electron chi connectivity index (χ2n) is 13.8. The lowest BCUT2D eigenvalue weighted by Crippen LogP contribution is -2.29. The number of hydrogen-bond donors (Lipinski definition) is 1. The lowest BCUT2D eigenvalue weighted by atomic mass is 9.98. The smallest absolute Gasteiger partial charge is 0.407 e. The molecule has 0 aromatic heterocycles. The van der Waals surface area contributed by atoms with Crippen LogP contribution in [-0.4, -0.2) is 184 Å². The van der Waals surface area contributed by atoms with Gasteiger partial charge in [0.15, 0.2) is 0 Å². The van der Waals surface area contributed by atoms with E-state index in [0.29, 0.717) is 172 Å². The zero-order chi connectivity index (χ0) is 43.9. The van der Waals surface area contributed by atoms with Crippen LogP contribution in [0.15, 0.2) is 78.9 Å². The van der Waals surface area contributed by atoms with E-state index in [1.54, 1.807) is 0 Å². The molecule has 0 atom stereocenters. The summed E-state index contributed by atoms with van der Waals surface area (Å²) in [5.74, 6) is 0.873. The highest BCUT2D eigenvalue weighted by Gasteiger charge is 2.29. The Morgan fingerprint density at radius 1 is 0.365 bits per heavy atom. The number of ether oxygens (including phenoxy) is 14. The van der Waals surface area contributed by atoms with Crippen molar-refractivity contribution in [1.29, 1.82) is 0 Å². The molecule has 0 aliphatic heterocycles. The standard InChI is InChI=1S/C47H69NO15/c49-47(63-40-46-44-12-6-4-10-42(44)43-11-5-7-13-45(43)46)48-14-15-50-16-17-51-18-19-52-20-21-53-22-23-54-24-25-55-26-27-56-28-29-57-30-31-58-32-33-59-34-35-60-36-37-61-38-39-62-41-8-2-1-3-9-41/h1-13,46H,14-40H2,(H,48,49). The van der Waals surface area contributed by atoms with E-state index in [9.17, 15) is 4.79 Å². The van der Waals surface area contributed by atoms with Gasteiger partial charge in [0.2, 0.25) is 0 Å². The molecule has 4 rings (SSSR count). The van der Waals surface area contributed by atoms with Crippen molar-refractivity contribution in [3.63, 3.8) is 0 Å². The summed E-state index contributed by atoms with van der Waals surface area (Å²) in [7, 11) is 0. The Balaban J connectivity index is 0.753. The highest BCUT2D eigenvalue weighted by Crippen LogP contribution is 2.44. The van der Waals surface area contributed by atoms with Gasteiger partial charge in [0.1, 0.15) is 19.0 Å². The van der Waals surface area contributed by atoms with Crippen molar-refractivity contribution in [3.05, 3.63) is 90.0 Å². The second-order valence-corrected chi connectivity index (χ2v) is 13.8. The summed E-state index contributed by atoms with van der Waals surface area (Å²) in [5.41, 5.74) is 4.77. The summed E-state index contributed by atoms with van der Waals surface area (Å²) < 4.78 is 77.2. The minimum atomic E-state index is -0.454. The first kappa shape index (κ1) is 51.9. The number of carbonyl (C=O) groups excluding carboxylic acids is 1. The predicted octanol–water partition coefficient (Wildman–Crippen LogP) is 4.80. The first-order valence-electron chi connectivity index (χ1n) is 22.0. The third kappa shape index (κ3) is 24.8. The molecule has 63 heavy (non-hydrogen) atoms. The number of para-hydroxylation sites is 1. The molecule has 0 bridgehead atoms. The SMILES string of the molecule is O=C(NCCOCCOCCOCCOCCOCCOCCOCCOCCOCCOCCOCCOCCOc1ccccc1)OCC1c2ccccc2-c2ccccc21. The predicted molar refractivity (Wildman–Crippen MR) is 235 cm³/mol. The molecule has 3 aromatic rings. The maximum absolute atomic E-state index is 12.3. The lowest BCUT2D eigenvalue weighted by molar-refractivity contribution is -0.0285. The highest BCUT2D eigenvalue weighted by molar-refractivity contribution is 5.79. The normalized spacial score (nSPS) is 12.1. The van der Waals surface area contributed by atoms with Crippen molar-refractivity contribution in [2.45, 2.75) is 5.92 Å². The third-order valence-electron chi connectivity index (χ3n) is 9.19. The van der Waals surface area contributed by atoms with E-state index in [1.807, 2.05) is 54.6 Å². The van der Waals surface area contributed by atoms with Gasteiger partial charge in [-0.15, -0.1) is 0 Å². The van der Waals surface area contributed by atoms with Crippen LogP contribution in [0.25, 0.3) is 11.1 Å². The Kier molecular flexibility index (Phi) is 30.1. The van der Waals surface area contributed by atoms with Crippen LogP contribution >= 0.6 is 0 Å². The van der Waals surface area contributed by atoms with E-state index in [1.165, 1.54) is 22.3 Å². The second kappa shape index (κ2) is 36.6. The van der Waals surface area contributed by atoms with Crippen LogP contribution in [0.2, 0.25) is 0 Å². The monoisotopic (exact) mass is 887 g/mol. The fourth-order valence-corrected chi connectivity index (χ4v) is 6.13. The number of alkyl carbamates (subject to hydrolysis) is 1. The quantitative estimate of drug-likeness (QED) is 0.0773. The summed E-state index contributed by atoms with van der Waals surface area (Å²) in [4.78, 5) is 12.3. The molecular formula is C47H69NO15. The molecule has 1 aliphatic rings. The number of nitrogens with one attached hydrogen (secondary N) is 1. The molecule has 1 amide bonds. The van der Waals surface area contributed by atoms with Gasteiger partial charge < -0.3 is 71.6 Å². The van der Waals surface area contributed by atoms with Gasteiger partial charge >= 0.3 is 6.09 Å². The molecule has 0 heterocycles. The highest BCUT2D eigenvalue weighted by atomic mass is 16.6.